The van der Waals surface area contributed by atoms with Gasteiger partial charge in [-0.25, -0.2) is 0 Å². The highest BCUT2D eigenvalue weighted by Gasteiger charge is 2.02. The minimum Gasteiger partial charge on any atom is -0.550 e. The maximum atomic E-state index is 10.4. The predicted molar refractivity (Wildman–Crippen MR) is 53.6 cm³/mol. The molecule has 1 atom stereocenters. The fraction of sp³-hybridized carbons (Fsp3) is 0.417. The summed E-state index contributed by atoms with van der Waals surface area (Å²) in [5.41, 5.74) is 1.26. The number of carbonyl (C=O) groups excluding carboxylic acids is 1. The number of hydrogen-bond acceptors (Lipinski definition) is 2. The third-order valence-electron chi connectivity index (χ3n) is 2.35. The van der Waals surface area contributed by atoms with Crippen molar-refractivity contribution < 1.29 is 9.90 Å². The minimum absolute atomic E-state index is 0.335. The molecule has 0 radical (unpaired) electrons. The zero-order valence-corrected chi connectivity index (χ0v) is 8.40. The van der Waals surface area contributed by atoms with Gasteiger partial charge in [-0.05, 0) is 30.7 Å². The Labute approximate surface area is 84.6 Å². The molecule has 0 amide bonds. The van der Waals surface area contributed by atoms with Crippen LogP contribution in [0.1, 0.15) is 25.3 Å². The average molecular weight is 191 g/mol. The Morgan fingerprint density at radius 3 is 2.57 bits per heavy atom. The molecule has 0 aliphatic carbocycles. The minimum atomic E-state index is -0.946. The molecule has 1 aromatic carbocycles. The monoisotopic (exact) mass is 191 g/mol. The summed E-state index contributed by atoms with van der Waals surface area (Å²) in [6.07, 6.45) is 2.54. The van der Waals surface area contributed by atoms with Crippen LogP contribution in [-0.4, -0.2) is 5.97 Å². The largest absolute Gasteiger partial charge is 0.550 e. The summed E-state index contributed by atoms with van der Waals surface area (Å²) < 4.78 is 0. The fourth-order valence-corrected chi connectivity index (χ4v) is 1.37. The molecule has 0 heterocycles. The average Bonchev–Trinajstić information content (AvgIpc) is 2.19. The number of hydrogen-bond donors (Lipinski definition) is 0. The van der Waals surface area contributed by atoms with E-state index < -0.39 is 5.97 Å². The van der Waals surface area contributed by atoms with E-state index in [1.807, 2.05) is 18.2 Å². The summed E-state index contributed by atoms with van der Waals surface area (Å²) in [6, 6.07) is 10.1. The van der Waals surface area contributed by atoms with Gasteiger partial charge in [-0.2, -0.15) is 0 Å². The molecule has 0 aromatic heterocycles. The zero-order valence-electron chi connectivity index (χ0n) is 8.40. The molecule has 2 heteroatoms. The number of carbonyl (C=O) groups is 1. The lowest BCUT2D eigenvalue weighted by atomic mass is 10.0. The van der Waals surface area contributed by atoms with Crippen LogP contribution in [0, 0.1) is 5.92 Å². The van der Waals surface area contributed by atoms with Crippen LogP contribution in [-0.2, 0) is 11.2 Å². The van der Waals surface area contributed by atoms with Gasteiger partial charge in [0.2, 0.25) is 0 Å². The van der Waals surface area contributed by atoms with Crippen LogP contribution >= 0.6 is 0 Å². The lowest BCUT2D eigenvalue weighted by Crippen LogP contribution is -2.29. The van der Waals surface area contributed by atoms with Crippen molar-refractivity contribution in [3.05, 3.63) is 35.9 Å². The Morgan fingerprint density at radius 1 is 1.36 bits per heavy atom. The second-order valence-electron chi connectivity index (χ2n) is 3.60. The van der Waals surface area contributed by atoms with Gasteiger partial charge in [-0.15, -0.1) is 0 Å². The van der Waals surface area contributed by atoms with E-state index in [9.17, 15) is 9.90 Å². The van der Waals surface area contributed by atoms with Gasteiger partial charge < -0.3 is 9.90 Å². The van der Waals surface area contributed by atoms with Crippen LogP contribution in [0.5, 0.6) is 0 Å². The molecule has 14 heavy (non-hydrogen) atoms. The molecule has 1 unspecified atom stereocenters. The number of carboxylic acid groups (broad SMARTS) is 1. The lowest BCUT2D eigenvalue weighted by molar-refractivity contribution is -0.311. The predicted octanol–water partition coefficient (Wildman–Crippen LogP) is 1.40. The van der Waals surface area contributed by atoms with E-state index in [0.29, 0.717) is 6.42 Å². The number of aliphatic carboxylic acids is 1. The van der Waals surface area contributed by atoms with E-state index in [-0.39, 0.29) is 5.92 Å². The molecule has 0 bridgehead atoms. The second-order valence-corrected chi connectivity index (χ2v) is 3.60. The lowest BCUT2D eigenvalue weighted by Gasteiger charge is -2.11. The summed E-state index contributed by atoms with van der Waals surface area (Å²) in [6.45, 7) is 1.69. The highest BCUT2D eigenvalue weighted by molar-refractivity contribution is 5.66. The first kappa shape index (κ1) is 10.8. The van der Waals surface area contributed by atoms with E-state index in [2.05, 4.69) is 12.1 Å². The van der Waals surface area contributed by atoms with Gasteiger partial charge in [0.15, 0.2) is 0 Å². The van der Waals surface area contributed by atoms with Crippen molar-refractivity contribution in [1.82, 2.24) is 0 Å². The van der Waals surface area contributed by atoms with E-state index in [1.165, 1.54) is 5.56 Å². The molecule has 0 saturated heterocycles. The van der Waals surface area contributed by atoms with Crippen molar-refractivity contribution in [1.29, 1.82) is 0 Å². The normalized spacial score (nSPS) is 12.4. The van der Waals surface area contributed by atoms with Crippen LogP contribution in [0.2, 0.25) is 0 Å². The number of carboxylic acids is 1. The molecule has 76 valence electrons. The maximum Gasteiger partial charge on any atom is 0.0442 e. The van der Waals surface area contributed by atoms with Crippen molar-refractivity contribution >= 4 is 5.97 Å². The Hall–Kier alpha value is -1.31. The van der Waals surface area contributed by atoms with Gasteiger partial charge in [0.25, 0.3) is 0 Å². The van der Waals surface area contributed by atoms with Crippen molar-refractivity contribution in [2.24, 2.45) is 5.92 Å². The smallest absolute Gasteiger partial charge is 0.0442 e. The van der Waals surface area contributed by atoms with Crippen LogP contribution in [0.3, 0.4) is 0 Å². The molecule has 1 aromatic rings. The standard InChI is InChI=1S/C12H16O2/c1-10(12(13)14)6-5-9-11-7-3-2-4-8-11/h2-4,7-8,10H,5-6,9H2,1H3,(H,13,14)/p-1. The molecular formula is C12H15O2-. The third-order valence-corrected chi connectivity index (χ3v) is 2.35. The molecule has 0 fully saturated rings. The van der Waals surface area contributed by atoms with Crippen LogP contribution < -0.4 is 5.11 Å². The van der Waals surface area contributed by atoms with Crippen LogP contribution in [0.15, 0.2) is 30.3 Å². The first-order valence-electron chi connectivity index (χ1n) is 4.95. The van der Waals surface area contributed by atoms with Gasteiger partial charge in [-0.1, -0.05) is 37.3 Å². The Balaban J connectivity index is 2.26. The van der Waals surface area contributed by atoms with E-state index in [4.69, 9.17) is 0 Å². The molecular weight excluding hydrogens is 176 g/mol. The Bertz CT molecular complexity index is 280. The fourth-order valence-electron chi connectivity index (χ4n) is 1.37. The molecule has 0 spiro atoms. The van der Waals surface area contributed by atoms with Gasteiger partial charge in [-0.3, -0.25) is 0 Å². The van der Waals surface area contributed by atoms with Crippen molar-refractivity contribution in [3.63, 3.8) is 0 Å². The Morgan fingerprint density at radius 2 is 2.00 bits per heavy atom. The molecule has 2 nitrogen and oxygen atoms in total. The summed E-state index contributed by atoms with van der Waals surface area (Å²) >= 11 is 0. The summed E-state index contributed by atoms with van der Waals surface area (Å²) in [5.74, 6) is -1.28. The first-order chi connectivity index (χ1) is 6.70. The van der Waals surface area contributed by atoms with Crippen molar-refractivity contribution in [3.8, 4) is 0 Å². The molecule has 0 aliphatic rings. The van der Waals surface area contributed by atoms with E-state index >= 15 is 0 Å². The summed E-state index contributed by atoms with van der Waals surface area (Å²) in [5, 5.41) is 10.4. The number of aryl methyl sites for hydroxylation is 1. The Kier molecular flexibility index (Phi) is 4.17. The summed E-state index contributed by atoms with van der Waals surface area (Å²) in [7, 11) is 0. The number of benzene rings is 1. The molecule has 0 saturated carbocycles. The van der Waals surface area contributed by atoms with E-state index in [1.54, 1.807) is 6.92 Å². The van der Waals surface area contributed by atoms with E-state index in [0.717, 1.165) is 12.8 Å². The van der Waals surface area contributed by atoms with Gasteiger partial charge in [0.1, 0.15) is 0 Å². The maximum absolute atomic E-state index is 10.4. The second kappa shape index (κ2) is 5.43. The van der Waals surface area contributed by atoms with Gasteiger partial charge >= 0.3 is 0 Å². The highest BCUT2D eigenvalue weighted by atomic mass is 16.4. The molecule has 0 aliphatic heterocycles. The van der Waals surface area contributed by atoms with Crippen molar-refractivity contribution in [2.45, 2.75) is 26.2 Å². The highest BCUT2D eigenvalue weighted by Crippen LogP contribution is 2.09. The SMILES string of the molecule is CC(CCCc1ccccc1)C(=O)[O-]. The number of rotatable bonds is 5. The van der Waals surface area contributed by atoms with Crippen LogP contribution in [0.25, 0.3) is 0 Å². The zero-order chi connectivity index (χ0) is 10.4. The summed E-state index contributed by atoms with van der Waals surface area (Å²) in [4.78, 5) is 10.4. The molecule has 0 N–H and O–H groups in total. The van der Waals surface area contributed by atoms with Crippen LogP contribution in [0.4, 0.5) is 0 Å². The first-order valence-corrected chi connectivity index (χ1v) is 4.95. The van der Waals surface area contributed by atoms with Gasteiger partial charge in [0, 0.05) is 5.97 Å². The third kappa shape index (κ3) is 3.60. The molecule has 1 rings (SSSR count). The van der Waals surface area contributed by atoms with Crippen molar-refractivity contribution in [2.75, 3.05) is 0 Å². The van der Waals surface area contributed by atoms with Gasteiger partial charge in [0.05, 0.1) is 0 Å². The topological polar surface area (TPSA) is 40.1 Å². The quantitative estimate of drug-likeness (QED) is 0.705.